The monoisotopic (exact) mass is 994 g/mol. The zero-order valence-corrected chi connectivity index (χ0v) is 38.8. The smallest absolute Gasteiger partial charge is 0.338 e. The van der Waals surface area contributed by atoms with E-state index in [0.29, 0.717) is 17.7 Å². The molecule has 0 spiro atoms. The van der Waals surface area contributed by atoms with Crippen LogP contribution in [0.1, 0.15) is 70.3 Å². The van der Waals surface area contributed by atoms with Gasteiger partial charge >= 0.3 is 23.9 Å². The fraction of sp³-hybridized carbons (Fsp3) is 0.422. The van der Waals surface area contributed by atoms with E-state index in [4.69, 9.17) is 94.8 Å². The lowest BCUT2D eigenvalue weighted by atomic mass is 9.94. The van der Waals surface area contributed by atoms with Crippen molar-refractivity contribution in [3.05, 3.63) is 116 Å². The van der Waals surface area contributed by atoms with Crippen molar-refractivity contribution in [2.75, 3.05) is 19.8 Å². The molecule has 17 nitrogen and oxygen atoms in total. The van der Waals surface area contributed by atoms with Gasteiger partial charge < -0.3 is 48.4 Å². The van der Waals surface area contributed by atoms with Crippen molar-refractivity contribution >= 4 is 82.1 Å². The molecule has 6 rings (SSSR count). The molecule has 66 heavy (non-hydrogen) atoms. The van der Waals surface area contributed by atoms with Crippen LogP contribution in [-0.4, -0.2) is 122 Å². The van der Waals surface area contributed by atoms with E-state index in [2.05, 4.69) is 6.58 Å². The van der Waals surface area contributed by atoms with E-state index in [1.54, 1.807) is 48.5 Å². The lowest BCUT2D eigenvalue weighted by Gasteiger charge is -2.48. The third kappa shape index (κ3) is 11.5. The highest BCUT2D eigenvalue weighted by molar-refractivity contribution is 6.55. The van der Waals surface area contributed by atoms with E-state index in [0.717, 1.165) is 26.3 Å². The van der Waals surface area contributed by atoms with Gasteiger partial charge in [-0.1, -0.05) is 101 Å². The van der Waals surface area contributed by atoms with Crippen molar-refractivity contribution in [2.24, 2.45) is 5.73 Å². The molecule has 10 atom stereocenters. The van der Waals surface area contributed by atoms with Gasteiger partial charge in [0.05, 0.1) is 62.6 Å². The molecule has 0 radical (unpaired) electrons. The van der Waals surface area contributed by atoms with Crippen molar-refractivity contribution in [1.82, 2.24) is 4.90 Å². The van der Waals surface area contributed by atoms with Crippen LogP contribution in [0.5, 0.6) is 0 Å². The predicted octanol–water partition coefficient (Wildman–Crippen LogP) is 6.28. The van der Waals surface area contributed by atoms with Crippen LogP contribution >= 0.6 is 46.4 Å². The zero-order valence-electron chi connectivity index (χ0n) is 35.7. The Morgan fingerprint density at radius 1 is 0.682 bits per heavy atom. The van der Waals surface area contributed by atoms with Crippen LogP contribution in [0.4, 0.5) is 0 Å². The Labute approximate surface area is 399 Å². The lowest BCUT2D eigenvalue weighted by molar-refractivity contribution is -0.312. The molecule has 354 valence electrons. The maximum atomic E-state index is 14.5. The topological polar surface area (TPSA) is 215 Å². The van der Waals surface area contributed by atoms with E-state index in [1.165, 1.54) is 0 Å². The van der Waals surface area contributed by atoms with Gasteiger partial charge in [0.15, 0.2) is 30.9 Å². The SMILES string of the molecule is C=CCCCO[C@@H]1O[C@H](CO[C@@H]2O[C@H](COC(C)=O)[C@@H](OC(C)=O)[C@H](OC(C)=O)[C@H]2N2C(=O)c3c(Cl)c(Cl)c(Cl)c(Cl)c3C2=O)[C@@H](OCc2ccccc2)[C@H](OC(=O)c2ccccc2)[C@H]1N. The number of hydrogen-bond donors (Lipinski definition) is 1. The van der Waals surface area contributed by atoms with Crippen molar-refractivity contribution in [3.63, 3.8) is 0 Å². The van der Waals surface area contributed by atoms with E-state index in [9.17, 15) is 28.8 Å². The highest BCUT2D eigenvalue weighted by atomic mass is 35.5. The van der Waals surface area contributed by atoms with Gasteiger partial charge in [-0.3, -0.25) is 28.9 Å². The largest absolute Gasteiger partial charge is 0.463 e. The van der Waals surface area contributed by atoms with Crippen LogP contribution < -0.4 is 5.73 Å². The number of nitrogens with two attached hydrogens (primary N) is 1. The van der Waals surface area contributed by atoms with Gasteiger partial charge in [0.1, 0.15) is 31.0 Å². The first-order valence-electron chi connectivity index (χ1n) is 20.6. The summed E-state index contributed by atoms with van der Waals surface area (Å²) in [4.78, 5) is 81.0. The lowest BCUT2D eigenvalue weighted by Crippen LogP contribution is -2.68. The second-order valence-electron chi connectivity index (χ2n) is 15.2. The summed E-state index contributed by atoms with van der Waals surface area (Å²) in [5.41, 5.74) is 6.87. The summed E-state index contributed by atoms with van der Waals surface area (Å²) in [6, 6.07) is 14.3. The highest BCUT2D eigenvalue weighted by Gasteiger charge is 2.59. The van der Waals surface area contributed by atoms with Crippen LogP contribution in [0, 0.1) is 0 Å². The summed E-state index contributed by atoms with van der Waals surface area (Å²) in [5.74, 6) is -5.54. The van der Waals surface area contributed by atoms with Crippen LogP contribution in [0.2, 0.25) is 20.1 Å². The van der Waals surface area contributed by atoms with Crippen molar-refractivity contribution < 1.29 is 71.4 Å². The number of hydrogen-bond acceptors (Lipinski definition) is 16. The molecular formula is C45H46Cl4N2O15. The Balaban J connectivity index is 1.44. The fourth-order valence-electron chi connectivity index (χ4n) is 7.64. The van der Waals surface area contributed by atoms with Gasteiger partial charge in [-0.25, -0.2) is 4.79 Å². The maximum Gasteiger partial charge on any atom is 0.338 e. The number of allylic oxidation sites excluding steroid dienone is 1. The van der Waals surface area contributed by atoms with Gasteiger partial charge in [0.25, 0.3) is 11.8 Å². The molecular weight excluding hydrogens is 950 g/mol. The average Bonchev–Trinajstić information content (AvgIpc) is 3.55. The van der Waals surface area contributed by atoms with Crippen LogP contribution in [0.25, 0.3) is 0 Å². The molecule has 3 aromatic carbocycles. The van der Waals surface area contributed by atoms with Crippen molar-refractivity contribution in [2.45, 2.75) is 102 Å². The van der Waals surface area contributed by atoms with E-state index in [1.807, 2.05) is 18.2 Å². The van der Waals surface area contributed by atoms with E-state index >= 15 is 0 Å². The number of imide groups is 1. The molecule has 21 heteroatoms. The normalized spacial score (nSPS) is 26.0. The first kappa shape index (κ1) is 50.7. The average molecular weight is 997 g/mol. The number of esters is 4. The molecule has 0 unspecified atom stereocenters. The van der Waals surface area contributed by atoms with Gasteiger partial charge in [-0.2, -0.15) is 0 Å². The second-order valence-corrected chi connectivity index (χ2v) is 16.7. The maximum absolute atomic E-state index is 14.5. The summed E-state index contributed by atoms with van der Waals surface area (Å²) in [7, 11) is 0. The Kier molecular flexibility index (Phi) is 17.6. The van der Waals surface area contributed by atoms with Crippen molar-refractivity contribution in [3.8, 4) is 0 Å². The Bertz CT molecular complexity index is 2240. The number of rotatable bonds is 18. The standard InChI is InChI=1S/C45H46Cl4N2O15/c1-5-6-13-18-58-44-35(50)39(66-43(57)26-16-11-8-12-17-26)37(60-19-25-14-9-7-10-15-25)27(64-44)21-61-45-36(51-41(55)29-30(42(51)56)32(47)34(49)33(48)31(29)46)40(63-24(4)54)38(62-23(3)53)28(65-45)20-59-22(2)52/h5,7-12,14-17,27-28,35-40,44-45H,1,6,13,18-21,50H2,2-4H3/t27-,28-,35-,36-,37-,38-,39-,40-,44-,45-/m1/s1. The number of nitrogens with zero attached hydrogens (tertiary/aromatic N) is 1. The van der Waals surface area contributed by atoms with Crippen LogP contribution in [0.15, 0.2) is 73.3 Å². The number of ether oxygens (including phenoxy) is 9. The van der Waals surface area contributed by atoms with Gasteiger partial charge in [0, 0.05) is 20.8 Å². The van der Waals surface area contributed by atoms with Gasteiger partial charge in [0.2, 0.25) is 0 Å². The minimum Gasteiger partial charge on any atom is -0.463 e. The van der Waals surface area contributed by atoms with E-state index in [-0.39, 0.29) is 28.8 Å². The molecule has 3 heterocycles. The number of carbonyl (C=O) groups is 6. The number of benzene rings is 3. The number of carbonyl (C=O) groups excluding carboxylic acids is 6. The summed E-state index contributed by atoms with van der Waals surface area (Å²) < 4.78 is 54.6. The molecule has 0 bridgehead atoms. The number of unbranched alkanes of at least 4 members (excludes halogenated alkanes) is 1. The highest BCUT2D eigenvalue weighted by Crippen LogP contribution is 2.47. The molecule has 0 aromatic heterocycles. The molecule has 3 aliphatic rings. The number of halogens is 4. The van der Waals surface area contributed by atoms with Crippen LogP contribution in [0.3, 0.4) is 0 Å². The minimum atomic E-state index is -1.83. The molecule has 2 fully saturated rings. The summed E-state index contributed by atoms with van der Waals surface area (Å²) in [6.45, 7) is 5.90. The second kappa shape index (κ2) is 22.9. The molecule has 2 N–H and O–H groups in total. The third-order valence-corrected chi connectivity index (χ3v) is 12.4. The molecule has 2 amide bonds. The molecule has 0 saturated carbocycles. The minimum absolute atomic E-state index is 0.0321. The summed E-state index contributed by atoms with van der Waals surface area (Å²) >= 11 is 25.7. The van der Waals surface area contributed by atoms with Crippen LogP contribution in [-0.2, 0) is 63.6 Å². The third-order valence-electron chi connectivity index (χ3n) is 10.6. The molecule has 0 aliphatic carbocycles. The van der Waals surface area contributed by atoms with Gasteiger partial charge in [-0.15, -0.1) is 6.58 Å². The summed E-state index contributed by atoms with van der Waals surface area (Å²) in [6.07, 6.45) is -8.81. The number of fused-ring (bicyclic) bond motifs is 1. The molecule has 2 saturated heterocycles. The van der Waals surface area contributed by atoms with E-state index < -0.39 is 131 Å². The Morgan fingerprint density at radius 2 is 1.24 bits per heavy atom. The first-order valence-corrected chi connectivity index (χ1v) is 22.1. The fourth-order valence-corrected chi connectivity index (χ4v) is 8.65. The molecule has 3 aromatic rings. The first-order chi connectivity index (χ1) is 31.5. The summed E-state index contributed by atoms with van der Waals surface area (Å²) in [5, 5.41) is -1.48. The number of amides is 2. The zero-order chi connectivity index (χ0) is 47.8. The quantitative estimate of drug-likeness (QED) is 0.0282. The molecule has 3 aliphatic heterocycles. The van der Waals surface area contributed by atoms with Crippen molar-refractivity contribution in [1.29, 1.82) is 0 Å². The Hall–Kier alpha value is -4.66. The van der Waals surface area contributed by atoms with Gasteiger partial charge in [-0.05, 0) is 30.5 Å². The predicted molar refractivity (Wildman–Crippen MR) is 236 cm³/mol. The Morgan fingerprint density at radius 3 is 1.82 bits per heavy atom.